The fourth-order valence-corrected chi connectivity index (χ4v) is 3.46. The smallest absolute Gasteiger partial charge is 0.322 e. The summed E-state index contributed by atoms with van der Waals surface area (Å²) in [7, 11) is -4.41. The summed E-state index contributed by atoms with van der Waals surface area (Å²) in [6.45, 7) is 3.27. The van der Waals surface area contributed by atoms with Gasteiger partial charge in [0, 0.05) is 11.1 Å². The van der Waals surface area contributed by atoms with Gasteiger partial charge in [-0.25, -0.2) is 8.42 Å². The van der Waals surface area contributed by atoms with Gasteiger partial charge in [0.2, 0.25) is 10.0 Å². The summed E-state index contributed by atoms with van der Waals surface area (Å²) in [4.78, 5) is 20.6. The lowest BCUT2D eigenvalue weighted by atomic mass is 10.0. The number of benzene rings is 1. The van der Waals surface area contributed by atoms with Gasteiger partial charge in [0.15, 0.2) is 4.90 Å². The maximum Gasteiger partial charge on any atom is 0.322 e. The highest BCUT2D eigenvalue weighted by molar-refractivity contribution is 7.89. The van der Waals surface area contributed by atoms with Crippen molar-refractivity contribution in [2.24, 2.45) is 5.92 Å². The zero-order valence-electron chi connectivity index (χ0n) is 11.8. The van der Waals surface area contributed by atoms with E-state index in [1.165, 1.54) is 6.07 Å². The summed E-state index contributed by atoms with van der Waals surface area (Å²) in [5.41, 5.74) is -0.676. The standard InChI is InChI=1S/C12H15ClN2O6S/c1-3-7(2)11(12(16)17)14-22(20,21)10-6-8(13)4-5-9(10)15(18)19/h4-7,11,14H,3H2,1-2H3,(H,16,17)/t7-,11-/m0/s1. The molecule has 0 bridgehead atoms. The Kier molecular flexibility index (Phi) is 5.86. The number of hydrogen-bond donors (Lipinski definition) is 2. The zero-order valence-corrected chi connectivity index (χ0v) is 13.4. The molecule has 1 rings (SSSR count). The van der Waals surface area contributed by atoms with Gasteiger partial charge in [-0.2, -0.15) is 4.72 Å². The summed E-state index contributed by atoms with van der Waals surface area (Å²) in [5.74, 6) is -1.85. The van der Waals surface area contributed by atoms with Gasteiger partial charge in [-0.15, -0.1) is 0 Å². The summed E-state index contributed by atoms with van der Waals surface area (Å²) in [6, 6.07) is 1.66. The van der Waals surface area contributed by atoms with E-state index in [-0.39, 0.29) is 5.02 Å². The highest BCUT2D eigenvalue weighted by Gasteiger charge is 2.33. The molecule has 0 saturated heterocycles. The zero-order chi connectivity index (χ0) is 17.1. The van der Waals surface area contributed by atoms with Crippen molar-refractivity contribution in [2.75, 3.05) is 0 Å². The number of carboxylic acids is 1. The first-order valence-corrected chi connectivity index (χ1v) is 8.15. The molecule has 0 saturated carbocycles. The van der Waals surface area contributed by atoms with Crippen LogP contribution in [0.15, 0.2) is 23.1 Å². The molecule has 0 aliphatic heterocycles. The second-order valence-corrected chi connectivity index (χ2v) is 6.81. The molecule has 2 N–H and O–H groups in total. The Bertz CT molecular complexity index is 691. The fourth-order valence-electron chi connectivity index (χ4n) is 1.73. The molecule has 1 aromatic rings. The average Bonchev–Trinajstić information content (AvgIpc) is 2.43. The molecule has 8 nitrogen and oxygen atoms in total. The van der Waals surface area contributed by atoms with Gasteiger partial charge in [0.1, 0.15) is 6.04 Å². The Balaban J connectivity index is 3.32. The number of carbonyl (C=O) groups is 1. The number of aliphatic carboxylic acids is 1. The molecule has 2 atom stereocenters. The van der Waals surface area contributed by atoms with E-state index in [1.54, 1.807) is 13.8 Å². The van der Waals surface area contributed by atoms with Crippen molar-refractivity contribution in [3.8, 4) is 0 Å². The Morgan fingerprint density at radius 2 is 2.09 bits per heavy atom. The number of nitro benzene ring substituents is 1. The van der Waals surface area contributed by atoms with Crippen molar-refractivity contribution >= 4 is 33.3 Å². The fraction of sp³-hybridized carbons (Fsp3) is 0.417. The van der Waals surface area contributed by atoms with Crippen LogP contribution in [0.4, 0.5) is 5.69 Å². The van der Waals surface area contributed by atoms with Crippen LogP contribution in [-0.4, -0.2) is 30.5 Å². The van der Waals surface area contributed by atoms with Crippen LogP contribution in [-0.2, 0) is 14.8 Å². The second-order valence-electron chi connectivity index (χ2n) is 4.69. The highest BCUT2D eigenvalue weighted by Crippen LogP contribution is 2.27. The minimum atomic E-state index is -4.41. The normalized spacial score (nSPS) is 14.3. The lowest BCUT2D eigenvalue weighted by molar-refractivity contribution is -0.387. The second kappa shape index (κ2) is 7.03. The van der Waals surface area contributed by atoms with E-state index >= 15 is 0 Å². The number of carboxylic acid groups (broad SMARTS) is 1. The molecular weight excluding hydrogens is 336 g/mol. The molecule has 0 aromatic heterocycles. The van der Waals surface area contributed by atoms with Crippen molar-refractivity contribution in [1.29, 1.82) is 0 Å². The van der Waals surface area contributed by atoms with Gasteiger partial charge in [0.25, 0.3) is 5.69 Å². The molecule has 0 aliphatic carbocycles. The predicted molar refractivity (Wildman–Crippen MR) is 79.3 cm³/mol. The molecular formula is C12H15ClN2O6S. The lowest BCUT2D eigenvalue weighted by Crippen LogP contribution is -2.45. The van der Waals surface area contributed by atoms with E-state index in [2.05, 4.69) is 0 Å². The maximum absolute atomic E-state index is 12.3. The van der Waals surface area contributed by atoms with Crippen molar-refractivity contribution in [3.63, 3.8) is 0 Å². The van der Waals surface area contributed by atoms with Crippen LogP contribution in [0, 0.1) is 16.0 Å². The third-order valence-corrected chi connectivity index (χ3v) is 4.87. The Morgan fingerprint density at radius 3 is 2.55 bits per heavy atom. The number of sulfonamides is 1. The molecule has 0 heterocycles. The molecule has 0 spiro atoms. The Labute approximate surface area is 132 Å². The first-order chi connectivity index (χ1) is 10.1. The van der Waals surface area contributed by atoms with Crippen LogP contribution in [0.2, 0.25) is 5.02 Å². The van der Waals surface area contributed by atoms with Gasteiger partial charge in [0.05, 0.1) is 4.92 Å². The predicted octanol–water partition coefficient (Wildman–Crippen LogP) is 2.03. The summed E-state index contributed by atoms with van der Waals surface area (Å²) in [5, 5.41) is 20.1. The van der Waals surface area contributed by atoms with E-state index in [4.69, 9.17) is 16.7 Å². The molecule has 1 aromatic carbocycles. The SMILES string of the molecule is CC[C@H](C)[C@H](NS(=O)(=O)c1cc(Cl)ccc1[N+](=O)[O-])C(=O)O. The summed E-state index contributed by atoms with van der Waals surface area (Å²) >= 11 is 5.69. The topological polar surface area (TPSA) is 127 Å². The van der Waals surface area contributed by atoms with Gasteiger partial charge >= 0.3 is 5.97 Å². The van der Waals surface area contributed by atoms with Crippen molar-refractivity contribution < 1.29 is 23.2 Å². The van der Waals surface area contributed by atoms with E-state index in [0.717, 1.165) is 12.1 Å². The summed E-state index contributed by atoms with van der Waals surface area (Å²) < 4.78 is 26.6. The largest absolute Gasteiger partial charge is 0.480 e. The third kappa shape index (κ3) is 4.15. The van der Waals surface area contributed by atoms with Gasteiger partial charge < -0.3 is 5.11 Å². The lowest BCUT2D eigenvalue weighted by Gasteiger charge is -2.20. The molecule has 0 amide bonds. The first kappa shape index (κ1) is 18.3. The highest BCUT2D eigenvalue weighted by atomic mass is 35.5. The van der Waals surface area contributed by atoms with Crippen molar-refractivity contribution in [3.05, 3.63) is 33.3 Å². The number of nitrogens with one attached hydrogen (secondary N) is 1. The van der Waals surface area contributed by atoms with Crippen LogP contribution in [0.1, 0.15) is 20.3 Å². The van der Waals surface area contributed by atoms with Gasteiger partial charge in [-0.3, -0.25) is 14.9 Å². The van der Waals surface area contributed by atoms with Gasteiger partial charge in [-0.1, -0.05) is 31.9 Å². The van der Waals surface area contributed by atoms with E-state index in [0.29, 0.717) is 6.42 Å². The quantitative estimate of drug-likeness (QED) is 0.572. The minimum Gasteiger partial charge on any atom is -0.480 e. The van der Waals surface area contributed by atoms with Gasteiger partial charge in [-0.05, 0) is 18.1 Å². The molecule has 0 aliphatic rings. The number of halogens is 1. The average molecular weight is 351 g/mol. The first-order valence-electron chi connectivity index (χ1n) is 6.29. The number of rotatable bonds is 7. The van der Waals surface area contributed by atoms with E-state index in [1.807, 2.05) is 4.72 Å². The van der Waals surface area contributed by atoms with E-state index in [9.17, 15) is 23.3 Å². The Hall–Kier alpha value is -1.71. The van der Waals surface area contributed by atoms with Crippen molar-refractivity contribution in [1.82, 2.24) is 4.72 Å². The molecule has 0 fully saturated rings. The van der Waals surface area contributed by atoms with Crippen LogP contribution >= 0.6 is 11.6 Å². The molecule has 0 radical (unpaired) electrons. The third-order valence-electron chi connectivity index (χ3n) is 3.17. The molecule has 122 valence electrons. The van der Waals surface area contributed by atoms with Crippen LogP contribution < -0.4 is 4.72 Å². The molecule has 0 unspecified atom stereocenters. The maximum atomic E-state index is 12.3. The monoisotopic (exact) mass is 350 g/mol. The molecule has 22 heavy (non-hydrogen) atoms. The molecule has 10 heteroatoms. The van der Waals surface area contributed by atoms with E-state index < -0.39 is 43.5 Å². The number of nitrogens with zero attached hydrogens (tertiary/aromatic N) is 1. The van der Waals surface area contributed by atoms with Crippen LogP contribution in [0.3, 0.4) is 0 Å². The number of hydrogen-bond acceptors (Lipinski definition) is 5. The van der Waals surface area contributed by atoms with Crippen LogP contribution in [0.25, 0.3) is 0 Å². The minimum absolute atomic E-state index is 0.0126. The van der Waals surface area contributed by atoms with Crippen LogP contribution in [0.5, 0.6) is 0 Å². The van der Waals surface area contributed by atoms with Crippen molar-refractivity contribution in [2.45, 2.75) is 31.2 Å². The number of nitro groups is 1. The Morgan fingerprint density at radius 1 is 1.50 bits per heavy atom. The summed E-state index contributed by atoms with van der Waals surface area (Å²) in [6.07, 6.45) is 0.414.